The Bertz CT molecular complexity index is 895. The molecule has 0 spiro atoms. The molecule has 4 aromatic rings. The number of rotatable bonds is 1. The summed E-state index contributed by atoms with van der Waals surface area (Å²) in [5.41, 5.74) is 2.18. The number of hydrogen-bond acceptors (Lipinski definition) is 1. The summed E-state index contributed by atoms with van der Waals surface area (Å²) in [5.74, 6) is 0. The molecule has 0 atom stereocenters. The normalized spacial score (nSPS) is 11.0. The van der Waals surface area contributed by atoms with Crippen LogP contribution in [-0.2, 0) is 0 Å². The van der Waals surface area contributed by atoms with Crippen molar-refractivity contribution in [2.75, 3.05) is 0 Å². The molecule has 0 bridgehead atoms. The Morgan fingerprint density at radius 2 is 1.20 bits per heavy atom. The minimum absolute atomic E-state index is 1.02. The minimum atomic E-state index is 1.02. The fourth-order valence-corrected chi connectivity index (χ4v) is 2.60. The molecule has 4 rings (SSSR count). The molecule has 0 radical (unpaired) electrons. The molecular weight excluding hydrogens is 242 g/mol. The highest BCUT2D eigenvalue weighted by molar-refractivity contribution is 5.98. The zero-order valence-electron chi connectivity index (χ0n) is 11.0. The Morgan fingerprint density at radius 1 is 0.550 bits per heavy atom. The zero-order chi connectivity index (χ0) is 13.4. The van der Waals surface area contributed by atoms with Crippen molar-refractivity contribution >= 4 is 21.5 Å². The molecule has 0 saturated carbocycles. The van der Waals surface area contributed by atoms with E-state index >= 15 is 0 Å². The van der Waals surface area contributed by atoms with Crippen molar-refractivity contribution in [3.63, 3.8) is 0 Å². The third-order valence-electron chi connectivity index (χ3n) is 3.66. The summed E-state index contributed by atoms with van der Waals surface area (Å²) in [6.45, 7) is 0. The van der Waals surface area contributed by atoms with Crippen LogP contribution in [0.15, 0.2) is 79.0 Å². The van der Waals surface area contributed by atoms with Crippen molar-refractivity contribution in [1.82, 2.24) is 4.98 Å². The maximum atomic E-state index is 4.58. The van der Waals surface area contributed by atoms with Gasteiger partial charge in [-0.25, -0.2) is 0 Å². The van der Waals surface area contributed by atoms with E-state index in [9.17, 15) is 0 Å². The van der Waals surface area contributed by atoms with Gasteiger partial charge in [-0.15, -0.1) is 0 Å². The molecule has 0 fully saturated rings. The van der Waals surface area contributed by atoms with Gasteiger partial charge in [-0.3, -0.25) is 4.98 Å². The summed E-state index contributed by atoms with van der Waals surface area (Å²) in [6.07, 6.45) is 1.96. The third-order valence-corrected chi connectivity index (χ3v) is 3.66. The average Bonchev–Trinajstić information content (AvgIpc) is 2.53. The maximum Gasteiger partial charge on any atom is 0.0708 e. The molecule has 1 aromatic heterocycles. The number of fused-ring (bicyclic) bond motifs is 2. The monoisotopic (exact) mass is 255 g/mol. The van der Waals surface area contributed by atoms with Crippen LogP contribution >= 0.6 is 0 Å². The van der Waals surface area contributed by atoms with Crippen molar-refractivity contribution in [1.29, 1.82) is 0 Å². The van der Waals surface area contributed by atoms with E-state index in [0.29, 0.717) is 0 Å². The van der Waals surface area contributed by atoms with Gasteiger partial charge in [0.2, 0.25) is 0 Å². The number of benzene rings is 3. The summed E-state index contributed by atoms with van der Waals surface area (Å²) in [4.78, 5) is 4.58. The van der Waals surface area contributed by atoms with Crippen LogP contribution in [0.25, 0.3) is 32.8 Å². The second kappa shape index (κ2) is 4.46. The summed E-state index contributed by atoms with van der Waals surface area (Å²) < 4.78 is 0. The van der Waals surface area contributed by atoms with Crippen LogP contribution < -0.4 is 0 Å². The van der Waals surface area contributed by atoms with Crippen LogP contribution in [-0.4, -0.2) is 4.98 Å². The van der Waals surface area contributed by atoms with Crippen molar-refractivity contribution in [2.24, 2.45) is 0 Å². The standard InChI is InChI=1S/C19H13N/c1-2-6-14(7-3-1)19-12-17-10-15-8-4-5-9-16(15)11-18(17)13-20-19/h1-13H. The van der Waals surface area contributed by atoms with Crippen molar-refractivity contribution in [3.8, 4) is 11.3 Å². The number of pyridine rings is 1. The van der Waals surface area contributed by atoms with E-state index in [2.05, 4.69) is 59.6 Å². The Morgan fingerprint density at radius 3 is 1.95 bits per heavy atom. The van der Waals surface area contributed by atoms with Crippen LogP contribution in [0.3, 0.4) is 0 Å². The topological polar surface area (TPSA) is 12.9 Å². The van der Waals surface area contributed by atoms with Gasteiger partial charge in [-0.2, -0.15) is 0 Å². The lowest BCUT2D eigenvalue weighted by molar-refractivity contribution is 1.36. The van der Waals surface area contributed by atoms with Crippen LogP contribution in [0.4, 0.5) is 0 Å². The zero-order valence-corrected chi connectivity index (χ0v) is 11.0. The summed E-state index contributed by atoms with van der Waals surface area (Å²) in [6, 6.07) is 25.3. The molecule has 1 heterocycles. The lowest BCUT2D eigenvalue weighted by Gasteiger charge is -2.05. The van der Waals surface area contributed by atoms with Gasteiger partial charge in [0.1, 0.15) is 0 Å². The molecule has 0 aliphatic rings. The van der Waals surface area contributed by atoms with Crippen LogP contribution in [0.5, 0.6) is 0 Å². The van der Waals surface area contributed by atoms with Crippen LogP contribution in [0.2, 0.25) is 0 Å². The predicted molar refractivity (Wildman–Crippen MR) is 84.7 cm³/mol. The second-order valence-electron chi connectivity index (χ2n) is 4.98. The highest BCUT2D eigenvalue weighted by atomic mass is 14.7. The first-order valence-electron chi connectivity index (χ1n) is 6.74. The van der Waals surface area contributed by atoms with E-state index < -0.39 is 0 Å². The van der Waals surface area contributed by atoms with Gasteiger partial charge in [0.15, 0.2) is 0 Å². The molecule has 20 heavy (non-hydrogen) atoms. The van der Waals surface area contributed by atoms with Gasteiger partial charge < -0.3 is 0 Å². The third kappa shape index (κ3) is 1.84. The van der Waals surface area contributed by atoms with E-state index in [1.54, 1.807) is 0 Å². The molecule has 3 aromatic carbocycles. The summed E-state index contributed by atoms with van der Waals surface area (Å²) in [5, 5.41) is 4.94. The number of nitrogens with zero attached hydrogens (tertiary/aromatic N) is 1. The van der Waals surface area contributed by atoms with Gasteiger partial charge in [0.05, 0.1) is 5.69 Å². The van der Waals surface area contributed by atoms with Crippen molar-refractivity contribution in [2.45, 2.75) is 0 Å². The van der Waals surface area contributed by atoms with E-state index in [0.717, 1.165) is 11.3 Å². The van der Waals surface area contributed by atoms with E-state index in [4.69, 9.17) is 0 Å². The molecule has 1 nitrogen and oxygen atoms in total. The fourth-order valence-electron chi connectivity index (χ4n) is 2.60. The fraction of sp³-hybridized carbons (Fsp3) is 0. The molecular formula is C19H13N. The van der Waals surface area contributed by atoms with E-state index in [-0.39, 0.29) is 0 Å². The molecule has 0 N–H and O–H groups in total. The highest BCUT2D eigenvalue weighted by Crippen LogP contribution is 2.26. The Balaban J connectivity index is 1.97. The molecule has 0 aliphatic heterocycles. The maximum absolute atomic E-state index is 4.58. The second-order valence-corrected chi connectivity index (χ2v) is 4.98. The van der Waals surface area contributed by atoms with E-state index in [1.807, 2.05) is 24.4 Å². The Labute approximate surface area is 117 Å². The smallest absolute Gasteiger partial charge is 0.0708 e. The van der Waals surface area contributed by atoms with Gasteiger partial charge in [-0.1, -0.05) is 54.6 Å². The van der Waals surface area contributed by atoms with Crippen molar-refractivity contribution < 1.29 is 0 Å². The molecule has 0 unspecified atom stereocenters. The van der Waals surface area contributed by atoms with Gasteiger partial charge in [0.25, 0.3) is 0 Å². The van der Waals surface area contributed by atoms with Gasteiger partial charge >= 0.3 is 0 Å². The minimum Gasteiger partial charge on any atom is -0.256 e. The molecule has 1 heteroatoms. The summed E-state index contributed by atoms with van der Waals surface area (Å²) >= 11 is 0. The highest BCUT2D eigenvalue weighted by Gasteiger charge is 2.02. The SMILES string of the molecule is c1ccc(-c2cc3cc4ccccc4cc3cn2)cc1. The number of aromatic nitrogens is 1. The predicted octanol–water partition coefficient (Wildman–Crippen LogP) is 5.06. The molecule has 94 valence electrons. The largest absolute Gasteiger partial charge is 0.256 e. The Kier molecular flexibility index (Phi) is 2.49. The number of hydrogen-bond donors (Lipinski definition) is 0. The van der Waals surface area contributed by atoms with Gasteiger partial charge in [-0.05, 0) is 34.4 Å². The molecule has 0 amide bonds. The first-order chi connectivity index (χ1) is 9.90. The lowest BCUT2D eigenvalue weighted by Crippen LogP contribution is -1.84. The van der Waals surface area contributed by atoms with Crippen LogP contribution in [0.1, 0.15) is 0 Å². The lowest BCUT2D eigenvalue weighted by atomic mass is 10.0. The quantitative estimate of drug-likeness (QED) is 0.433. The molecule has 0 saturated heterocycles. The Hall–Kier alpha value is -2.67. The first-order valence-corrected chi connectivity index (χ1v) is 6.74. The van der Waals surface area contributed by atoms with Gasteiger partial charge in [0, 0.05) is 17.1 Å². The first kappa shape index (κ1) is 11.2. The summed E-state index contributed by atoms with van der Waals surface area (Å²) in [7, 11) is 0. The van der Waals surface area contributed by atoms with E-state index in [1.165, 1.54) is 21.5 Å². The average molecular weight is 255 g/mol. The molecule has 0 aliphatic carbocycles. The van der Waals surface area contributed by atoms with Crippen molar-refractivity contribution in [3.05, 3.63) is 79.0 Å². The van der Waals surface area contributed by atoms with Crippen LogP contribution in [0, 0.1) is 0 Å².